The predicted octanol–water partition coefficient (Wildman–Crippen LogP) is 3.20. The molecule has 0 fully saturated rings. The van der Waals surface area contributed by atoms with Gasteiger partial charge in [-0.25, -0.2) is 0 Å². The second-order valence-electron chi connectivity index (χ2n) is 5.80. The number of aromatic nitrogens is 4. The van der Waals surface area contributed by atoms with Crippen molar-refractivity contribution >= 4 is 29.1 Å². The van der Waals surface area contributed by atoms with Crippen molar-refractivity contribution in [2.45, 2.75) is 18.5 Å². The molecule has 3 rings (SSSR count). The Hall–Kier alpha value is -3.00. The van der Waals surface area contributed by atoms with Gasteiger partial charge in [0.15, 0.2) is 16.8 Å². The Morgan fingerprint density at radius 2 is 1.93 bits per heavy atom. The van der Waals surface area contributed by atoms with Crippen molar-refractivity contribution in [3.05, 3.63) is 54.4 Å². The Bertz CT molecular complexity index is 938. The molecule has 2 aromatic heterocycles. The molecule has 3 aromatic rings. The van der Waals surface area contributed by atoms with Gasteiger partial charge in [0.25, 0.3) is 0 Å². The lowest BCUT2D eigenvalue weighted by atomic mass is 10.1. The van der Waals surface area contributed by atoms with Gasteiger partial charge in [0.05, 0.1) is 5.75 Å². The first-order valence-electron chi connectivity index (χ1n) is 8.44. The molecule has 1 aromatic carbocycles. The predicted molar refractivity (Wildman–Crippen MR) is 105 cm³/mol. The fourth-order valence-electron chi connectivity index (χ4n) is 2.39. The third kappa shape index (κ3) is 4.59. The number of benzene rings is 1. The average Bonchev–Trinajstić information content (AvgIpc) is 3.07. The highest BCUT2D eigenvalue weighted by Gasteiger charge is 2.14. The molecule has 0 aliphatic heterocycles. The van der Waals surface area contributed by atoms with Crippen LogP contribution in [0.25, 0.3) is 11.4 Å². The monoisotopic (exact) mass is 381 g/mol. The maximum Gasteiger partial charge on any atom is 0.224 e. The lowest BCUT2D eigenvalue weighted by Crippen LogP contribution is -2.10. The first-order chi connectivity index (χ1) is 13.1. The zero-order chi connectivity index (χ0) is 19.2. The normalized spacial score (nSPS) is 10.6. The molecule has 0 saturated heterocycles. The molecule has 2 heterocycles. The van der Waals surface area contributed by atoms with Gasteiger partial charge in [-0.05, 0) is 36.4 Å². The maximum atomic E-state index is 12.4. The highest BCUT2D eigenvalue weighted by Crippen LogP contribution is 2.23. The van der Waals surface area contributed by atoms with Crippen molar-refractivity contribution in [1.29, 1.82) is 0 Å². The molecule has 0 bridgehead atoms. The summed E-state index contributed by atoms with van der Waals surface area (Å²) in [6.07, 6.45) is 3.84. The summed E-state index contributed by atoms with van der Waals surface area (Å²) in [4.78, 5) is 27.9. The smallest absolute Gasteiger partial charge is 0.224 e. The van der Waals surface area contributed by atoms with Crippen LogP contribution in [0.1, 0.15) is 23.7 Å². The molecule has 0 spiro atoms. The summed E-state index contributed by atoms with van der Waals surface area (Å²) in [5, 5.41) is 11.8. The molecule has 0 atom stereocenters. The van der Waals surface area contributed by atoms with Crippen molar-refractivity contribution in [3.63, 3.8) is 0 Å². The minimum absolute atomic E-state index is 0.0145. The van der Waals surface area contributed by atoms with E-state index in [1.165, 1.54) is 11.8 Å². The zero-order valence-electron chi connectivity index (χ0n) is 15.0. The summed E-state index contributed by atoms with van der Waals surface area (Å²) >= 11 is 1.33. The lowest BCUT2D eigenvalue weighted by Gasteiger charge is -2.06. The summed E-state index contributed by atoms with van der Waals surface area (Å²) in [7, 11) is 1.86. The van der Waals surface area contributed by atoms with E-state index in [0.717, 1.165) is 5.56 Å². The lowest BCUT2D eigenvalue weighted by molar-refractivity contribution is -0.115. The van der Waals surface area contributed by atoms with E-state index in [-0.39, 0.29) is 17.4 Å². The van der Waals surface area contributed by atoms with Crippen LogP contribution in [0, 0.1) is 0 Å². The quantitative estimate of drug-likeness (QED) is 0.499. The van der Waals surface area contributed by atoms with Gasteiger partial charge < -0.3 is 9.88 Å². The van der Waals surface area contributed by atoms with Gasteiger partial charge in [-0.2, -0.15) is 0 Å². The number of hydrogen-bond acceptors (Lipinski definition) is 6. The molecule has 1 N–H and O–H groups in total. The molecule has 0 saturated carbocycles. The van der Waals surface area contributed by atoms with E-state index in [2.05, 4.69) is 20.5 Å². The second kappa shape index (κ2) is 8.59. The van der Waals surface area contributed by atoms with Crippen LogP contribution >= 0.6 is 11.8 Å². The van der Waals surface area contributed by atoms with Crippen LogP contribution < -0.4 is 5.32 Å². The van der Waals surface area contributed by atoms with Crippen LogP contribution in [0.5, 0.6) is 0 Å². The summed E-state index contributed by atoms with van der Waals surface area (Å²) in [6, 6.07) is 10.6. The maximum absolute atomic E-state index is 12.4. The molecule has 138 valence electrons. The number of carbonyl (C=O) groups is 2. The number of ketones is 1. The van der Waals surface area contributed by atoms with Gasteiger partial charge in [0.2, 0.25) is 5.91 Å². The summed E-state index contributed by atoms with van der Waals surface area (Å²) in [6.45, 7) is 1.79. The van der Waals surface area contributed by atoms with Crippen LogP contribution in [0.2, 0.25) is 0 Å². The Morgan fingerprint density at radius 3 is 2.59 bits per heavy atom. The fourth-order valence-corrected chi connectivity index (χ4v) is 3.19. The number of amides is 1. The highest BCUT2D eigenvalue weighted by molar-refractivity contribution is 7.99. The topological polar surface area (TPSA) is 89.8 Å². The molecule has 1 amide bonds. The van der Waals surface area contributed by atoms with Gasteiger partial charge in [0.1, 0.15) is 0 Å². The number of pyridine rings is 1. The highest BCUT2D eigenvalue weighted by atomic mass is 32.2. The summed E-state index contributed by atoms with van der Waals surface area (Å²) in [5.74, 6) is 0.879. The van der Waals surface area contributed by atoms with Crippen LogP contribution in [-0.2, 0) is 11.8 Å². The minimum Gasteiger partial charge on any atom is -0.326 e. The fraction of sp³-hybridized carbons (Fsp3) is 0.211. The van der Waals surface area contributed by atoms with Crippen LogP contribution in [0.15, 0.2) is 53.9 Å². The number of hydrogen-bond donors (Lipinski definition) is 1. The van der Waals surface area contributed by atoms with Gasteiger partial charge in [0, 0.05) is 42.7 Å². The van der Waals surface area contributed by atoms with Gasteiger partial charge in [-0.3, -0.25) is 14.6 Å². The van der Waals surface area contributed by atoms with E-state index in [1.54, 1.807) is 43.6 Å². The number of thioether (sulfide) groups is 1. The van der Waals surface area contributed by atoms with Crippen molar-refractivity contribution in [2.75, 3.05) is 11.1 Å². The van der Waals surface area contributed by atoms with E-state index >= 15 is 0 Å². The van der Waals surface area contributed by atoms with E-state index in [4.69, 9.17) is 0 Å². The Labute approximate surface area is 161 Å². The molecular weight excluding hydrogens is 362 g/mol. The van der Waals surface area contributed by atoms with E-state index in [9.17, 15) is 9.59 Å². The Morgan fingerprint density at radius 1 is 1.15 bits per heavy atom. The second-order valence-corrected chi connectivity index (χ2v) is 6.74. The van der Waals surface area contributed by atoms with Crippen LogP contribution in [0.4, 0.5) is 5.69 Å². The van der Waals surface area contributed by atoms with E-state index in [1.807, 2.05) is 23.7 Å². The zero-order valence-corrected chi connectivity index (χ0v) is 15.9. The third-order valence-corrected chi connectivity index (χ3v) is 4.92. The molecule has 0 aliphatic rings. The number of Topliss-reactive ketones (excluding diaryl/α,β-unsaturated/α-hetero) is 1. The van der Waals surface area contributed by atoms with Crippen molar-refractivity contribution in [1.82, 2.24) is 19.7 Å². The molecule has 0 aliphatic carbocycles. The number of carbonyl (C=O) groups excluding carboxylic acids is 2. The first kappa shape index (κ1) is 18.8. The molecule has 0 radical (unpaired) electrons. The van der Waals surface area contributed by atoms with Crippen LogP contribution in [0.3, 0.4) is 0 Å². The summed E-state index contributed by atoms with van der Waals surface area (Å²) < 4.78 is 1.85. The molecule has 27 heavy (non-hydrogen) atoms. The van der Waals surface area contributed by atoms with E-state index in [0.29, 0.717) is 28.7 Å². The van der Waals surface area contributed by atoms with Gasteiger partial charge in [-0.1, -0.05) is 18.7 Å². The Balaban J connectivity index is 1.63. The number of nitrogens with zero attached hydrogens (tertiary/aromatic N) is 4. The van der Waals surface area contributed by atoms with Crippen LogP contribution in [-0.4, -0.2) is 37.2 Å². The van der Waals surface area contributed by atoms with Crippen molar-refractivity contribution in [3.8, 4) is 11.4 Å². The third-order valence-electron chi connectivity index (χ3n) is 3.90. The first-order valence-corrected chi connectivity index (χ1v) is 9.42. The number of anilines is 1. The minimum atomic E-state index is -0.0589. The van der Waals surface area contributed by atoms with Gasteiger partial charge in [-0.15, -0.1) is 10.2 Å². The standard InChI is InChI=1S/C19H19N5O2S/c1-3-17(26)21-15-8-6-13(7-9-15)16(25)12-27-19-23-22-18(24(19)2)14-5-4-10-20-11-14/h4-11H,3,12H2,1-2H3,(H,21,26). The number of nitrogens with one attached hydrogen (secondary N) is 1. The van der Waals surface area contributed by atoms with Crippen molar-refractivity contribution in [2.24, 2.45) is 7.05 Å². The summed E-state index contributed by atoms with van der Waals surface area (Å²) in [5.41, 5.74) is 2.14. The molecule has 0 unspecified atom stereocenters. The molecule has 7 nitrogen and oxygen atoms in total. The number of rotatable bonds is 7. The van der Waals surface area contributed by atoms with Gasteiger partial charge >= 0.3 is 0 Å². The van der Waals surface area contributed by atoms with Crippen molar-refractivity contribution < 1.29 is 9.59 Å². The SMILES string of the molecule is CCC(=O)Nc1ccc(C(=O)CSc2nnc(-c3cccnc3)n2C)cc1. The molecular formula is C19H19N5O2S. The van der Waals surface area contributed by atoms with E-state index < -0.39 is 0 Å². The molecule has 8 heteroatoms. The largest absolute Gasteiger partial charge is 0.326 e. The Kier molecular flexibility index (Phi) is 5.97. The average molecular weight is 381 g/mol.